The number of amides is 1. The predicted molar refractivity (Wildman–Crippen MR) is 58.2 cm³/mol. The Hall–Kier alpha value is -1.78. The normalized spacial score (nSPS) is 20.8. The number of piperidine rings is 1. The van der Waals surface area contributed by atoms with Gasteiger partial charge >= 0.3 is 0 Å². The van der Waals surface area contributed by atoms with E-state index in [1.807, 2.05) is 4.90 Å². The van der Waals surface area contributed by atoms with Crippen LogP contribution in [0.15, 0.2) is 16.5 Å². The van der Waals surface area contributed by atoms with Crippen LogP contribution in [0.1, 0.15) is 23.4 Å². The molecule has 0 bridgehead atoms. The maximum absolute atomic E-state index is 11.1. The summed E-state index contributed by atoms with van der Waals surface area (Å²) < 4.78 is 5.31. The smallest absolute Gasteiger partial charge is 0.222 e. The van der Waals surface area contributed by atoms with Crippen LogP contribution in [-0.2, 0) is 4.79 Å². The predicted octanol–water partition coefficient (Wildman–Crippen LogP) is 0.794. The molecule has 1 aromatic rings. The summed E-state index contributed by atoms with van der Waals surface area (Å²) in [6.07, 6.45) is 2.40. The first-order valence-corrected chi connectivity index (χ1v) is 5.30. The fourth-order valence-electron chi connectivity index (χ4n) is 1.99. The van der Waals surface area contributed by atoms with E-state index in [9.17, 15) is 9.59 Å². The Kier molecular flexibility index (Phi) is 2.94. The summed E-state index contributed by atoms with van der Waals surface area (Å²) in [6.45, 7) is 1.40. The van der Waals surface area contributed by atoms with E-state index in [1.165, 1.54) is 0 Å². The zero-order valence-corrected chi connectivity index (χ0v) is 8.89. The number of carbonyl (C=O) groups excluding carboxylic acids is 2. The number of anilines is 1. The quantitative estimate of drug-likeness (QED) is 0.767. The average Bonchev–Trinajstić information content (AvgIpc) is 2.77. The van der Waals surface area contributed by atoms with Crippen molar-refractivity contribution in [1.82, 2.24) is 0 Å². The monoisotopic (exact) mass is 222 g/mol. The molecule has 5 heteroatoms. The van der Waals surface area contributed by atoms with Crippen molar-refractivity contribution in [2.45, 2.75) is 12.8 Å². The van der Waals surface area contributed by atoms with Crippen molar-refractivity contribution in [3.63, 3.8) is 0 Å². The topological polar surface area (TPSA) is 76.5 Å². The fourth-order valence-corrected chi connectivity index (χ4v) is 1.99. The summed E-state index contributed by atoms with van der Waals surface area (Å²) in [5.74, 6) is 0.537. The van der Waals surface area contributed by atoms with Gasteiger partial charge in [-0.05, 0) is 18.9 Å². The van der Waals surface area contributed by atoms with Crippen molar-refractivity contribution in [2.75, 3.05) is 18.0 Å². The lowest BCUT2D eigenvalue weighted by Crippen LogP contribution is -2.41. The van der Waals surface area contributed by atoms with Gasteiger partial charge in [-0.2, -0.15) is 0 Å². The van der Waals surface area contributed by atoms with E-state index in [0.29, 0.717) is 24.5 Å². The number of primary amides is 1. The van der Waals surface area contributed by atoms with E-state index in [0.717, 1.165) is 19.4 Å². The first kappa shape index (κ1) is 10.7. The zero-order chi connectivity index (χ0) is 11.5. The SMILES string of the molecule is NC(=O)C1CCCN(c2ccc(C=O)o2)C1. The van der Waals surface area contributed by atoms with Crippen LogP contribution in [0.2, 0.25) is 0 Å². The summed E-state index contributed by atoms with van der Waals surface area (Å²) in [4.78, 5) is 23.5. The number of carbonyl (C=O) groups is 2. The first-order valence-electron chi connectivity index (χ1n) is 5.30. The summed E-state index contributed by atoms with van der Waals surface area (Å²) >= 11 is 0. The molecule has 0 aromatic carbocycles. The minimum Gasteiger partial charge on any atom is -0.438 e. The second-order valence-electron chi connectivity index (χ2n) is 3.98. The molecule has 1 atom stereocenters. The zero-order valence-electron chi connectivity index (χ0n) is 8.89. The molecule has 2 rings (SSSR count). The number of aldehydes is 1. The van der Waals surface area contributed by atoms with Crippen LogP contribution >= 0.6 is 0 Å². The molecule has 1 aliphatic rings. The first-order chi connectivity index (χ1) is 7.70. The van der Waals surface area contributed by atoms with Gasteiger partial charge in [0.25, 0.3) is 0 Å². The van der Waals surface area contributed by atoms with E-state index in [1.54, 1.807) is 12.1 Å². The molecule has 2 N–H and O–H groups in total. The molecule has 1 fully saturated rings. The van der Waals surface area contributed by atoms with Gasteiger partial charge in [-0.3, -0.25) is 9.59 Å². The molecule has 2 heterocycles. The molecule has 0 aliphatic carbocycles. The van der Waals surface area contributed by atoms with Gasteiger partial charge in [0, 0.05) is 19.2 Å². The van der Waals surface area contributed by atoms with Crippen LogP contribution in [-0.4, -0.2) is 25.3 Å². The van der Waals surface area contributed by atoms with Crippen molar-refractivity contribution >= 4 is 18.1 Å². The van der Waals surface area contributed by atoms with Gasteiger partial charge in [0.2, 0.25) is 5.91 Å². The standard InChI is InChI=1S/C11H14N2O3/c12-11(15)8-2-1-5-13(6-8)10-4-3-9(7-14)16-10/h3-4,7-8H,1-2,5-6H2,(H2,12,15). The molecule has 0 radical (unpaired) electrons. The highest BCUT2D eigenvalue weighted by molar-refractivity contribution is 5.77. The van der Waals surface area contributed by atoms with Crippen LogP contribution in [0.5, 0.6) is 0 Å². The molecule has 1 aromatic heterocycles. The summed E-state index contributed by atoms with van der Waals surface area (Å²) in [6, 6.07) is 3.36. The number of furan rings is 1. The summed E-state index contributed by atoms with van der Waals surface area (Å²) in [7, 11) is 0. The highest BCUT2D eigenvalue weighted by Gasteiger charge is 2.25. The highest BCUT2D eigenvalue weighted by atomic mass is 16.4. The molecule has 5 nitrogen and oxygen atoms in total. The van der Waals surface area contributed by atoms with Crippen molar-refractivity contribution in [3.05, 3.63) is 17.9 Å². The maximum Gasteiger partial charge on any atom is 0.222 e. The molecular formula is C11H14N2O3. The lowest BCUT2D eigenvalue weighted by Gasteiger charge is -2.30. The molecule has 1 amide bonds. The lowest BCUT2D eigenvalue weighted by atomic mass is 9.98. The van der Waals surface area contributed by atoms with Crippen molar-refractivity contribution in [2.24, 2.45) is 11.7 Å². The second kappa shape index (κ2) is 4.38. The van der Waals surface area contributed by atoms with E-state index >= 15 is 0 Å². The third kappa shape index (κ3) is 2.08. The maximum atomic E-state index is 11.1. The Morgan fingerprint density at radius 1 is 1.56 bits per heavy atom. The number of hydrogen-bond acceptors (Lipinski definition) is 4. The Bertz CT molecular complexity index is 400. The lowest BCUT2D eigenvalue weighted by molar-refractivity contribution is -0.122. The minimum absolute atomic E-state index is 0.126. The Morgan fingerprint density at radius 3 is 3.00 bits per heavy atom. The van der Waals surface area contributed by atoms with Gasteiger partial charge in [-0.15, -0.1) is 0 Å². The number of nitrogens with zero attached hydrogens (tertiary/aromatic N) is 1. The van der Waals surface area contributed by atoms with Crippen LogP contribution in [0.4, 0.5) is 5.88 Å². The van der Waals surface area contributed by atoms with Gasteiger partial charge in [0.05, 0.1) is 5.92 Å². The third-order valence-corrected chi connectivity index (χ3v) is 2.86. The second-order valence-corrected chi connectivity index (χ2v) is 3.98. The van der Waals surface area contributed by atoms with Gasteiger partial charge < -0.3 is 15.1 Å². The summed E-state index contributed by atoms with van der Waals surface area (Å²) in [5, 5.41) is 0. The van der Waals surface area contributed by atoms with E-state index in [-0.39, 0.29) is 11.8 Å². The summed E-state index contributed by atoms with van der Waals surface area (Å²) in [5.41, 5.74) is 5.29. The molecular weight excluding hydrogens is 208 g/mol. The molecule has 16 heavy (non-hydrogen) atoms. The fraction of sp³-hybridized carbons (Fsp3) is 0.455. The van der Waals surface area contributed by atoms with E-state index in [2.05, 4.69) is 0 Å². The van der Waals surface area contributed by atoms with Crippen molar-refractivity contribution in [3.8, 4) is 0 Å². The molecule has 0 spiro atoms. The van der Waals surface area contributed by atoms with Crippen LogP contribution < -0.4 is 10.6 Å². The Labute approximate surface area is 93.2 Å². The van der Waals surface area contributed by atoms with Gasteiger partial charge in [0.15, 0.2) is 17.9 Å². The molecule has 1 unspecified atom stereocenters. The van der Waals surface area contributed by atoms with Crippen LogP contribution in [0.25, 0.3) is 0 Å². The van der Waals surface area contributed by atoms with Gasteiger partial charge in [-0.1, -0.05) is 0 Å². The minimum atomic E-state index is -0.271. The average molecular weight is 222 g/mol. The number of hydrogen-bond donors (Lipinski definition) is 1. The third-order valence-electron chi connectivity index (χ3n) is 2.86. The Morgan fingerprint density at radius 2 is 2.38 bits per heavy atom. The van der Waals surface area contributed by atoms with Crippen molar-refractivity contribution < 1.29 is 14.0 Å². The molecule has 86 valence electrons. The van der Waals surface area contributed by atoms with E-state index in [4.69, 9.17) is 10.2 Å². The largest absolute Gasteiger partial charge is 0.438 e. The Balaban J connectivity index is 2.09. The number of nitrogens with two attached hydrogens (primary N) is 1. The molecule has 1 aliphatic heterocycles. The highest BCUT2D eigenvalue weighted by Crippen LogP contribution is 2.24. The van der Waals surface area contributed by atoms with Crippen LogP contribution in [0.3, 0.4) is 0 Å². The molecule has 0 saturated carbocycles. The van der Waals surface area contributed by atoms with Gasteiger partial charge in [0.1, 0.15) is 0 Å². The molecule has 1 saturated heterocycles. The van der Waals surface area contributed by atoms with Crippen molar-refractivity contribution in [1.29, 1.82) is 0 Å². The number of rotatable bonds is 3. The van der Waals surface area contributed by atoms with Crippen LogP contribution in [0, 0.1) is 5.92 Å². The van der Waals surface area contributed by atoms with E-state index < -0.39 is 0 Å². The van der Waals surface area contributed by atoms with Gasteiger partial charge in [-0.25, -0.2) is 0 Å².